The van der Waals surface area contributed by atoms with Crippen molar-refractivity contribution < 1.29 is 13.2 Å². The van der Waals surface area contributed by atoms with E-state index in [1.54, 1.807) is 29.2 Å². The molecule has 2 aromatic carbocycles. The fourth-order valence-electron chi connectivity index (χ4n) is 3.35. The number of rotatable bonds is 6. The Morgan fingerprint density at radius 1 is 0.862 bits per heavy atom. The van der Waals surface area contributed by atoms with Crippen LogP contribution in [0.15, 0.2) is 53.4 Å². The lowest BCUT2D eigenvalue weighted by atomic mass is 10.2. The van der Waals surface area contributed by atoms with Gasteiger partial charge in [-0.15, -0.1) is 0 Å². The van der Waals surface area contributed by atoms with Crippen molar-refractivity contribution in [3.05, 3.63) is 64.1 Å². The van der Waals surface area contributed by atoms with Crippen molar-refractivity contribution in [2.45, 2.75) is 37.1 Å². The molecule has 0 unspecified atom stereocenters. The number of likely N-dealkylation sites (tertiary alicyclic amines) is 1. The summed E-state index contributed by atoms with van der Waals surface area (Å²) < 4.78 is 27.8. The van der Waals surface area contributed by atoms with Crippen LogP contribution in [0.1, 0.15) is 31.2 Å². The van der Waals surface area contributed by atoms with Crippen molar-refractivity contribution >= 4 is 39.1 Å². The van der Waals surface area contributed by atoms with E-state index in [0.29, 0.717) is 23.1 Å². The maximum atomic E-state index is 13.3. The van der Waals surface area contributed by atoms with Crippen LogP contribution in [0.5, 0.6) is 0 Å². The quantitative estimate of drug-likeness (QED) is 0.641. The van der Waals surface area contributed by atoms with Gasteiger partial charge in [0.05, 0.1) is 11.4 Å². The monoisotopic (exact) mass is 454 g/mol. The van der Waals surface area contributed by atoms with Gasteiger partial charge in [0.15, 0.2) is 0 Å². The fourth-order valence-corrected chi connectivity index (χ4v) is 4.98. The van der Waals surface area contributed by atoms with Gasteiger partial charge in [0.25, 0.3) is 0 Å². The van der Waals surface area contributed by atoms with Crippen LogP contribution >= 0.6 is 23.2 Å². The third-order valence-electron chi connectivity index (χ3n) is 4.99. The van der Waals surface area contributed by atoms with Gasteiger partial charge in [-0.05, 0) is 54.8 Å². The van der Waals surface area contributed by atoms with Crippen LogP contribution in [0.3, 0.4) is 0 Å². The largest absolute Gasteiger partial charge is 0.342 e. The number of nitrogens with zero attached hydrogens (tertiary/aromatic N) is 2. The highest BCUT2D eigenvalue weighted by molar-refractivity contribution is 7.89. The van der Waals surface area contributed by atoms with Crippen molar-refractivity contribution in [3.63, 3.8) is 0 Å². The highest BCUT2D eigenvalue weighted by Gasteiger charge is 2.29. The highest BCUT2D eigenvalue weighted by Crippen LogP contribution is 2.22. The number of amides is 1. The maximum Gasteiger partial charge on any atom is 0.243 e. The maximum absolute atomic E-state index is 13.3. The van der Waals surface area contributed by atoms with E-state index in [9.17, 15) is 13.2 Å². The molecular formula is C21H24Cl2N2O3S. The van der Waals surface area contributed by atoms with E-state index < -0.39 is 10.0 Å². The molecule has 29 heavy (non-hydrogen) atoms. The Balaban J connectivity index is 1.86. The average Bonchev–Trinajstić information content (AvgIpc) is 2.99. The first kappa shape index (κ1) is 22.1. The molecule has 0 radical (unpaired) electrons. The van der Waals surface area contributed by atoms with E-state index in [1.807, 2.05) is 0 Å². The number of halogens is 2. The van der Waals surface area contributed by atoms with Gasteiger partial charge >= 0.3 is 0 Å². The molecule has 0 aliphatic carbocycles. The molecule has 0 N–H and O–H groups in total. The van der Waals surface area contributed by atoms with Gasteiger partial charge in [0.2, 0.25) is 15.9 Å². The lowest BCUT2D eigenvalue weighted by Crippen LogP contribution is -2.43. The van der Waals surface area contributed by atoms with Crippen molar-refractivity contribution in [1.29, 1.82) is 0 Å². The second kappa shape index (κ2) is 9.94. The first-order chi connectivity index (χ1) is 13.9. The Morgan fingerprint density at radius 2 is 1.38 bits per heavy atom. The molecule has 8 heteroatoms. The molecule has 0 aromatic heterocycles. The van der Waals surface area contributed by atoms with E-state index >= 15 is 0 Å². The normalized spacial score (nSPS) is 15.3. The van der Waals surface area contributed by atoms with Crippen LogP contribution in [0, 0.1) is 0 Å². The molecule has 0 bridgehead atoms. The molecule has 0 saturated carbocycles. The van der Waals surface area contributed by atoms with Crippen molar-refractivity contribution in [1.82, 2.24) is 9.21 Å². The zero-order valence-corrected chi connectivity index (χ0v) is 18.4. The minimum absolute atomic E-state index is 0.0850. The molecule has 5 nitrogen and oxygen atoms in total. The first-order valence-corrected chi connectivity index (χ1v) is 11.8. The summed E-state index contributed by atoms with van der Waals surface area (Å²) in [5, 5.41) is 1.02. The van der Waals surface area contributed by atoms with Gasteiger partial charge in [0, 0.05) is 29.7 Å². The Labute approximate surface area is 182 Å². The summed E-state index contributed by atoms with van der Waals surface area (Å²) in [7, 11) is -3.87. The Kier molecular flexibility index (Phi) is 7.57. The molecule has 2 aromatic rings. The summed E-state index contributed by atoms with van der Waals surface area (Å²) in [6.45, 7) is 1.23. The molecule has 1 aliphatic rings. The van der Waals surface area contributed by atoms with Gasteiger partial charge in [-0.3, -0.25) is 4.79 Å². The zero-order chi connectivity index (χ0) is 20.9. The van der Waals surface area contributed by atoms with E-state index in [2.05, 4.69) is 0 Å². The van der Waals surface area contributed by atoms with Gasteiger partial charge in [-0.1, -0.05) is 48.2 Å². The second-order valence-electron chi connectivity index (χ2n) is 7.15. The fraction of sp³-hybridized carbons (Fsp3) is 0.381. The molecular weight excluding hydrogens is 431 g/mol. The van der Waals surface area contributed by atoms with E-state index in [0.717, 1.165) is 31.2 Å². The molecule has 3 rings (SSSR count). The molecule has 0 spiro atoms. The molecule has 1 fully saturated rings. The average molecular weight is 455 g/mol. The number of sulfonamides is 1. The molecule has 0 atom stereocenters. The summed E-state index contributed by atoms with van der Waals surface area (Å²) in [6, 6.07) is 12.9. The van der Waals surface area contributed by atoms with Crippen molar-refractivity contribution in [3.8, 4) is 0 Å². The summed E-state index contributed by atoms with van der Waals surface area (Å²) in [5.74, 6) is -0.168. The van der Waals surface area contributed by atoms with E-state index in [1.165, 1.54) is 28.6 Å². The van der Waals surface area contributed by atoms with Crippen LogP contribution in [0.2, 0.25) is 10.0 Å². The number of hydrogen-bond acceptors (Lipinski definition) is 3. The lowest BCUT2D eigenvalue weighted by Gasteiger charge is -2.26. The third-order valence-corrected chi connectivity index (χ3v) is 7.30. The third kappa shape index (κ3) is 5.95. The first-order valence-electron chi connectivity index (χ1n) is 9.64. The summed E-state index contributed by atoms with van der Waals surface area (Å²) in [5.41, 5.74) is 0.760. The van der Waals surface area contributed by atoms with Gasteiger partial charge in [-0.2, -0.15) is 4.31 Å². The summed E-state index contributed by atoms with van der Waals surface area (Å²) in [4.78, 5) is 14.8. The predicted octanol–water partition coefficient (Wildman–Crippen LogP) is 4.59. The summed E-state index contributed by atoms with van der Waals surface area (Å²) >= 11 is 11.9. The SMILES string of the molecule is O=C(CN(Cc1ccc(Cl)cc1)S(=O)(=O)c1ccc(Cl)cc1)N1CCCCCC1. The van der Waals surface area contributed by atoms with Gasteiger partial charge in [0.1, 0.15) is 0 Å². The highest BCUT2D eigenvalue weighted by atomic mass is 35.5. The zero-order valence-electron chi connectivity index (χ0n) is 16.1. The topological polar surface area (TPSA) is 57.7 Å². The molecule has 1 amide bonds. The van der Waals surface area contributed by atoms with Crippen molar-refractivity contribution in [2.75, 3.05) is 19.6 Å². The van der Waals surface area contributed by atoms with E-state index in [-0.39, 0.29) is 23.9 Å². The Morgan fingerprint density at radius 3 is 1.93 bits per heavy atom. The summed E-state index contributed by atoms with van der Waals surface area (Å²) in [6.07, 6.45) is 4.10. The number of carbonyl (C=O) groups excluding carboxylic acids is 1. The van der Waals surface area contributed by atoms with Gasteiger partial charge < -0.3 is 4.90 Å². The van der Waals surface area contributed by atoms with Crippen LogP contribution in [-0.2, 0) is 21.4 Å². The van der Waals surface area contributed by atoms with Crippen LogP contribution in [-0.4, -0.2) is 43.2 Å². The Hall–Kier alpha value is -1.60. The van der Waals surface area contributed by atoms with Crippen LogP contribution < -0.4 is 0 Å². The molecule has 1 saturated heterocycles. The number of hydrogen-bond donors (Lipinski definition) is 0. The number of carbonyl (C=O) groups is 1. The minimum atomic E-state index is -3.87. The number of benzene rings is 2. The van der Waals surface area contributed by atoms with E-state index in [4.69, 9.17) is 23.2 Å². The second-order valence-corrected chi connectivity index (χ2v) is 9.96. The van der Waals surface area contributed by atoms with Crippen molar-refractivity contribution in [2.24, 2.45) is 0 Å². The predicted molar refractivity (Wildman–Crippen MR) is 116 cm³/mol. The molecule has 1 aliphatic heterocycles. The smallest absolute Gasteiger partial charge is 0.243 e. The molecule has 156 valence electrons. The molecule has 1 heterocycles. The standard InChI is InChI=1S/C21H24Cl2N2O3S/c22-18-7-5-17(6-8-18)15-25(16-21(26)24-13-3-1-2-4-14-24)29(27,28)20-11-9-19(23)10-12-20/h5-12H,1-4,13-16H2. The van der Waals surface area contributed by atoms with Gasteiger partial charge in [-0.25, -0.2) is 8.42 Å². The lowest BCUT2D eigenvalue weighted by molar-refractivity contribution is -0.131. The minimum Gasteiger partial charge on any atom is -0.342 e. The van der Waals surface area contributed by atoms with Crippen LogP contribution in [0.4, 0.5) is 0 Å². The van der Waals surface area contributed by atoms with Crippen LogP contribution in [0.25, 0.3) is 0 Å². The Bertz CT molecular complexity index is 923.